The number of carboxylic acids is 3. The summed E-state index contributed by atoms with van der Waals surface area (Å²) in [5, 5.41) is 26.7. The van der Waals surface area contributed by atoms with Crippen molar-refractivity contribution in [1.29, 1.82) is 0 Å². The van der Waals surface area contributed by atoms with Gasteiger partial charge >= 0.3 is 52.6 Å². The van der Waals surface area contributed by atoms with Crippen LogP contribution in [0, 0.1) is 0 Å². The number of carbonyl (C=O) groups is 3. The largest absolute Gasteiger partial charge is 2.00 e. The Labute approximate surface area is 137 Å². The van der Waals surface area contributed by atoms with Crippen molar-refractivity contribution < 1.29 is 75.7 Å². The zero-order chi connectivity index (χ0) is 10.7. The van der Waals surface area contributed by atoms with Crippen LogP contribution in [0.15, 0.2) is 0 Å². The number of carbonyl (C=O) groups excluding carboxylic acids is 3. The van der Waals surface area contributed by atoms with Crippen molar-refractivity contribution in [2.24, 2.45) is 0 Å². The third kappa shape index (κ3) is 1000000. The smallest absolute Gasteiger partial charge is 0.550 e. The minimum absolute atomic E-state index is 0. The maximum absolute atomic E-state index is 8.89. The Hall–Kier alpha value is 0.0562. The molecule has 0 fully saturated rings. The van der Waals surface area contributed by atoms with Crippen molar-refractivity contribution >= 4 is 41.0 Å². The third-order valence-electron chi connectivity index (χ3n) is 0. The summed E-state index contributed by atoms with van der Waals surface area (Å²) < 4.78 is 0. The average Bonchev–Trinajstić information content (AvgIpc) is 1.54. The average molecular weight is 278 g/mol. The van der Waals surface area contributed by atoms with Crippen molar-refractivity contribution in [3.05, 3.63) is 0 Å². The molecule has 0 aliphatic carbocycles. The topological polar surface area (TPSA) is 215 Å². The molecular weight excluding hydrogens is 263 g/mol. The predicted octanol–water partition coefficient (Wildman–Crippen LogP) is -9.58. The molecule has 96 valence electrons. The quantitative estimate of drug-likeness (QED) is 0.391. The van der Waals surface area contributed by atoms with Crippen molar-refractivity contribution in [3.63, 3.8) is 0 Å². The molecule has 0 unspecified atom stereocenters. The van der Waals surface area contributed by atoms with E-state index in [-0.39, 0.29) is 69.0 Å². The van der Waals surface area contributed by atoms with Gasteiger partial charge < -0.3 is 46.1 Å². The van der Waals surface area contributed by atoms with Crippen molar-refractivity contribution in [1.82, 2.24) is 0 Å². The Morgan fingerprint density at radius 2 is 0.647 bits per heavy atom. The summed E-state index contributed by atoms with van der Waals surface area (Å²) >= 11 is 0. The molecule has 0 aromatic heterocycles. The SMILES string of the molecule is CC(=O)[O-].CC(=O)[O-].CC(=O)[O-].O.O.O.[Mg+2].[Na+]. The zero-order valence-electron chi connectivity index (χ0n) is 10.2. The van der Waals surface area contributed by atoms with Gasteiger partial charge in [-0.1, -0.05) is 0 Å². The number of hydrogen-bond donors (Lipinski definition) is 0. The van der Waals surface area contributed by atoms with Gasteiger partial charge in [-0.3, -0.25) is 0 Å². The molecule has 17 heavy (non-hydrogen) atoms. The van der Waals surface area contributed by atoms with Crippen LogP contribution < -0.4 is 44.9 Å². The molecule has 0 saturated carbocycles. The second-order valence-corrected chi connectivity index (χ2v) is 1.47. The number of hydrogen-bond acceptors (Lipinski definition) is 6. The van der Waals surface area contributed by atoms with Gasteiger partial charge in [0.25, 0.3) is 0 Å². The van der Waals surface area contributed by atoms with Gasteiger partial charge in [0.15, 0.2) is 0 Å². The van der Waals surface area contributed by atoms with Gasteiger partial charge in [0.05, 0.1) is 0 Å². The second kappa shape index (κ2) is 44.4. The molecule has 0 spiro atoms. The second-order valence-electron chi connectivity index (χ2n) is 1.47. The van der Waals surface area contributed by atoms with Gasteiger partial charge in [-0.05, 0) is 20.8 Å². The number of rotatable bonds is 0. The molecule has 9 nitrogen and oxygen atoms in total. The Morgan fingerprint density at radius 1 is 0.647 bits per heavy atom. The first kappa shape index (κ1) is 53.6. The first-order valence-corrected chi connectivity index (χ1v) is 2.72. The summed E-state index contributed by atoms with van der Waals surface area (Å²) in [5.74, 6) is -3.25. The van der Waals surface area contributed by atoms with E-state index in [4.69, 9.17) is 29.7 Å². The molecule has 0 atom stereocenters. The van der Waals surface area contributed by atoms with Crippen LogP contribution in [0.4, 0.5) is 0 Å². The maximum atomic E-state index is 8.89. The van der Waals surface area contributed by atoms with Gasteiger partial charge in [0.1, 0.15) is 0 Å². The normalized spacial score (nSPS) is 4.41. The molecule has 0 bridgehead atoms. The summed E-state index contributed by atoms with van der Waals surface area (Å²) in [4.78, 5) is 26.7. The summed E-state index contributed by atoms with van der Waals surface area (Å²) in [7, 11) is 0. The Morgan fingerprint density at radius 3 is 0.647 bits per heavy atom. The van der Waals surface area contributed by atoms with E-state index in [0.717, 1.165) is 20.8 Å². The van der Waals surface area contributed by atoms with Crippen LogP contribution in [0.1, 0.15) is 20.8 Å². The van der Waals surface area contributed by atoms with E-state index in [2.05, 4.69) is 0 Å². The van der Waals surface area contributed by atoms with Gasteiger partial charge in [0, 0.05) is 17.9 Å². The van der Waals surface area contributed by atoms with Crippen LogP contribution in [0.25, 0.3) is 0 Å². The molecule has 0 amide bonds. The Kier molecular flexibility index (Phi) is 140. The molecule has 0 saturated heterocycles. The minimum atomic E-state index is -1.08. The Bertz CT molecular complexity index is 123. The molecule has 0 rings (SSSR count). The van der Waals surface area contributed by atoms with Crippen LogP contribution in [0.2, 0.25) is 0 Å². The van der Waals surface area contributed by atoms with Crippen molar-refractivity contribution in [2.75, 3.05) is 0 Å². The van der Waals surface area contributed by atoms with E-state index in [9.17, 15) is 0 Å². The van der Waals surface area contributed by atoms with Gasteiger partial charge in [-0.25, -0.2) is 0 Å². The molecule has 0 aromatic carbocycles. The van der Waals surface area contributed by atoms with E-state index in [1.807, 2.05) is 0 Å². The first-order valence-electron chi connectivity index (χ1n) is 2.72. The van der Waals surface area contributed by atoms with E-state index in [0.29, 0.717) is 0 Å². The van der Waals surface area contributed by atoms with Crippen molar-refractivity contribution in [3.8, 4) is 0 Å². The molecule has 0 aromatic rings. The molecule has 11 heteroatoms. The van der Waals surface area contributed by atoms with Crippen LogP contribution in [0.5, 0.6) is 0 Å². The predicted molar refractivity (Wildman–Crippen MR) is 48.6 cm³/mol. The molecule has 6 N–H and O–H groups in total. The van der Waals surface area contributed by atoms with Gasteiger partial charge in [-0.15, -0.1) is 0 Å². The summed E-state index contributed by atoms with van der Waals surface area (Å²) in [6.07, 6.45) is 0. The molecule has 0 radical (unpaired) electrons. The van der Waals surface area contributed by atoms with E-state index < -0.39 is 17.9 Å². The zero-order valence-corrected chi connectivity index (χ0v) is 13.6. The van der Waals surface area contributed by atoms with Crippen LogP contribution in [0.3, 0.4) is 0 Å². The molecule has 0 heterocycles. The van der Waals surface area contributed by atoms with Crippen LogP contribution in [-0.4, -0.2) is 57.4 Å². The maximum Gasteiger partial charge on any atom is 2.00 e. The Balaban J connectivity index is -0.0000000104. The summed E-state index contributed by atoms with van der Waals surface area (Å²) in [6, 6.07) is 0. The third-order valence-corrected chi connectivity index (χ3v) is 0. The summed E-state index contributed by atoms with van der Waals surface area (Å²) in [5.41, 5.74) is 0. The van der Waals surface area contributed by atoms with Gasteiger partial charge in [0.2, 0.25) is 0 Å². The molecule has 0 aliphatic rings. The summed E-state index contributed by atoms with van der Waals surface area (Å²) in [6.45, 7) is 2.92. The van der Waals surface area contributed by atoms with Crippen molar-refractivity contribution in [2.45, 2.75) is 20.8 Å². The first-order chi connectivity index (χ1) is 5.20. The fourth-order valence-corrected chi connectivity index (χ4v) is 0. The van der Waals surface area contributed by atoms with E-state index in [1.165, 1.54) is 0 Å². The standard InChI is InChI=1S/3C2H4O2.Mg.Na.3H2O/c3*1-2(3)4;;;;;/h3*1H3,(H,3,4);;;3*1H2/q;;;+2;+1;;;/p-3. The molecular formula is C6H15MgNaO9. The fourth-order valence-electron chi connectivity index (χ4n) is 0. The number of carboxylic acid groups (broad SMARTS) is 3. The minimum Gasteiger partial charge on any atom is -0.550 e. The van der Waals surface area contributed by atoms with E-state index >= 15 is 0 Å². The molecule has 0 aliphatic heterocycles. The fraction of sp³-hybridized carbons (Fsp3) is 0.500. The van der Waals surface area contributed by atoms with Gasteiger partial charge in [-0.2, -0.15) is 0 Å². The van der Waals surface area contributed by atoms with Crippen LogP contribution in [-0.2, 0) is 14.4 Å². The van der Waals surface area contributed by atoms with Crippen LogP contribution >= 0.6 is 0 Å². The van der Waals surface area contributed by atoms with E-state index in [1.54, 1.807) is 0 Å². The monoisotopic (exact) mass is 278 g/mol. The number of aliphatic carboxylic acids is 3.